The molecular weight excluding hydrogens is 579 g/mol. The average molecular weight is 619 g/mol. The maximum Gasteiger partial charge on any atom is 0.164 e. The van der Waals surface area contributed by atoms with E-state index in [-0.39, 0.29) is 24.0 Å². The summed E-state index contributed by atoms with van der Waals surface area (Å²) in [6.45, 7) is 10.5. The van der Waals surface area contributed by atoms with Gasteiger partial charge in [-0.3, -0.25) is 0 Å². The van der Waals surface area contributed by atoms with E-state index in [1.807, 2.05) is 24.3 Å². The van der Waals surface area contributed by atoms with Gasteiger partial charge in [-0.05, 0) is 64.6 Å². The highest BCUT2D eigenvalue weighted by molar-refractivity contribution is 14.0. The van der Waals surface area contributed by atoms with E-state index in [0.717, 1.165) is 35.4 Å². The van der Waals surface area contributed by atoms with Crippen LogP contribution in [0.1, 0.15) is 61.8 Å². The van der Waals surface area contributed by atoms with E-state index in [1.165, 1.54) is 22.3 Å². The molecule has 0 aliphatic rings. The predicted molar refractivity (Wildman–Crippen MR) is 166 cm³/mol. The highest BCUT2D eigenvalue weighted by atomic mass is 127. The number of methoxy groups -OCH3 is 2. The molecule has 0 fully saturated rings. The first-order valence-electron chi connectivity index (χ1n) is 12.1. The van der Waals surface area contributed by atoms with Crippen LogP contribution >= 0.6 is 35.7 Å². The molecule has 0 atom stereocenters. The Morgan fingerprint density at radius 2 is 1.17 bits per heavy atom. The molecule has 4 nitrogen and oxygen atoms in total. The van der Waals surface area contributed by atoms with Crippen LogP contribution in [0.4, 0.5) is 5.69 Å². The Morgan fingerprint density at radius 1 is 0.750 bits per heavy atom. The zero-order valence-corrected chi connectivity index (χ0v) is 25.6. The Balaban J connectivity index is 0.00000456. The van der Waals surface area contributed by atoms with Gasteiger partial charge >= 0.3 is 0 Å². The monoisotopic (exact) mass is 618 g/mol. The number of hydrogen-bond acceptors (Lipinski definition) is 4. The molecular formula is C30H39IN2O2S. The van der Waals surface area contributed by atoms with Crippen molar-refractivity contribution < 1.29 is 9.47 Å². The highest BCUT2D eigenvalue weighted by Gasteiger charge is 2.18. The largest absolute Gasteiger partial charge is 0.497 e. The molecule has 3 aromatic carbocycles. The minimum Gasteiger partial charge on any atom is -0.497 e. The Morgan fingerprint density at radius 3 is 1.50 bits per heavy atom. The summed E-state index contributed by atoms with van der Waals surface area (Å²) in [5.74, 6) is 2.52. The number of aliphatic imine (C=N–C) groups is 1. The Labute approximate surface area is 238 Å². The fourth-order valence-corrected chi connectivity index (χ4v) is 4.65. The molecule has 0 N–H and O–H groups in total. The van der Waals surface area contributed by atoms with Crippen molar-refractivity contribution in [2.75, 3.05) is 20.5 Å². The van der Waals surface area contributed by atoms with E-state index in [2.05, 4.69) is 81.3 Å². The lowest BCUT2D eigenvalue weighted by atomic mass is 9.93. The molecule has 36 heavy (non-hydrogen) atoms. The summed E-state index contributed by atoms with van der Waals surface area (Å²) in [5.41, 5.74) is 6.11. The fraction of sp³-hybridized carbons (Fsp3) is 0.367. The molecule has 0 unspecified atom stereocenters. The fourth-order valence-electron chi connectivity index (χ4n) is 4.08. The first-order valence-corrected chi connectivity index (χ1v) is 13.3. The third kappa shape index (κ3) is 7.90. The summed E-state index contributed by atoms with van der Waals surface area (Å²) in [7, 11) is 3.39. The second kappa shape index (κ2) is 14.5. The molecule has 0 saturated heterocycles. The number of para-hydroxylation sites is 1. The van der Waals surface area contributed by atoms with E-state index >= 15 is 0 Å². The SMILES string of the molecule is COc1ccc(CN(Cc2ccc(OC)cc2)C(=Nc2c(C(C)C)cccc2C(C)C)SC)cc1.I. The van der Waals surface area contributed by atoms with E-state index in [0.29, 0.717) is 11.8 Å². The zero-order valence-electron chi connectivity index (χ0n) is 22.4. The number of halogens is 1. The molecule has 3 aromatic rings. The van der Waals surface area contributed by atoms with Gasteiger partial charge in [-0.1, -0.05) is 81.9 Å². The van der Waals surface area contributed by atoms with Gasteiger partial charge in [0.05, 0.1) is 19.9 Å². The van der Waals surface area contributed by atoms with Crippen molar-refractivity contribution in [3.8, 4) is 11.5 Å². The molecule has 0 radical (unpaired) electrons. The summed E-state index contributed by atoms with van der Waals surface area (Å²) in [6, 6.07) is 23.1. The van der Waals surface area contributed by atoms with Gasteiger partial charge in [0.15, 0.2) is 5.17 Å². The van der Waals surface area contributed by atoms with Gasteiger partial charge < -0.3 is 14.4 Å². The first kappa shape index (κ1) is 30.0. The number of rotatable bonds is 9. The van der Waals surface area contributed by atoms with Crippen molar-refractivity contribution in [1.29, 1.82) is 0 Å². The molecule has 0 saturated carbocycles. The van der Waals surface area contributed by atoms with Gasteiger partial charge in [0.1, 0.15) is 11.5 Å². The van der Waals surface area contributed by atoms with E-state index in [4.69, 9.17) is 14.5 Å². The number of thioether (sulfide) groups is 1. The quantitative estimate of drug-likeness (QED) is 0.137. The van der Waals surface area contributed by atoms with Crippen molar-refractivity contribution in [3.05, 3.63) is 89.0 Å². The maximum absolute atomic E-state index is 5.36. The maximum atomic E-state index is 5.36. The topological polar surface area (TPSA) is 34.1 Å². The van der Waals surface area contributed by atoms with Crippen molar-refractivity contribution in [1.82, 2.24) is 4.90 Å². The second-order valence-corrected chi connectivity index (χ2v) is 10.0. The van der Waals surface area contributed by atoms with Gasteiger partial charge in [-0.25, -0.2) is 4.99 Å². The molecule has 6 heteroatoms. The minimum atomic E-state index is 0. The lowest BCUT2D eigenvalue weighted by Crippen LogP contribution is -2.28. The van der Waals surface area contributed by atoms with Crippen molar-refractivity contribution in [3.63, 3.8) is 0 Å². The summed E-state index contributed by atoms with van der Waals surface area (Å²) < 4.78 is 10.7. The van der Waals surface area contributed by atoms with Crippen LogP contribution in [-0.4, -0.2) is 30.5 Å². The third-order valence-corrected chi connectivity index (χ3v) is 6.78. The Kier molecular flexibility index (Phi) is 12.1. The van der Waals surface area contributed by atoms with Crippen LogP contribution in [0.3, 0.4) is 0 Å². The summed E-state index contributed by atoms with van der Waals surface area (Å²) in [6.07, 6.45) is 2.11. The number of hydrogen-bond donors (Lipinski definition) is 0. The van der Waals surface area contributed by atoms with Crippen LogP contribution in [0.15, 0.2) is 71.7 Å². The first-order chi connectivity index (χ1) is 16.9. The van der Waals surface area contributed by atoms with Crippen LogP contribution in [-0.2, 0) is 13.1 Å². The number of nitrogens with zero attached hydrogens (tertiary/aromatic N) is 2. The average Bonchev–Trinajstić information content (AvgIpc) is 2.87. The predicted octanol–water partition coefficient (Wildman–Crippen LogP) is 8.62. The molecule has 0 spiro atoms. The smallest absolute Gasteiger partial charge is 0.164 e. The molecule has 3 rings (SSSR count). The van der Waals surface area contributed by atoms with Crippen LogP contribution in [0.2, 0.25) is 0 Å². The Bertz CT molecular complexity index is 1040. The van der Waals surface area contributed by atoms with Gasteiger partial charge in [-0.2, -0.15) is 0 Å². The molecule has 0 aliphatic heterocycles. The molecule has 0 aliphatic carbocycles. The van der Waals surface area contributed by atoms with E-state index in [9.17, 15) is 0 Å². The van der Waals surface area contributed by atoms with Gasteiger partial charge in [0.2, 0.25) is 0 Å². The normalized spacial score (nSPS) is 11.4. The minimum absolute atomic E-state index is 0. The van der Waals surface area contributed by atoms with Crippen LogP contribution in [0.25, 0.3) is 0 Å². The lowest BCUT2D eigenvalue weighted by Gasteiger charge is -2.27. The zero-order chi connectivity index (χ0) is 25.4. The molecule has 194 valence electrons. The number of ether oxygens (including phenoxy) is 2. The van der Waals surface area contributed by atoms with Crippen molar-refractivity contribution >= 4 is 46.6 Å². The van der Waals surface area contributed by atoms with Crippen LogP contribution < -0.4 is 9.47 Å². The second-order valence-electron chi connectivity index (χ2n) is 9.25. The van der Waals surface area contributed by atoms with Crippen molar-refractivity contribution in [2.24, 2.45) is 4.99 Å². The highest BCUT2D eigenvalue weighted by Crippen LogP contribution is 2.36. The number of amidine groups is 1. The van der Waals surface area contributed by atoms with Gasteiger partial charge in [-0.15, -0.1) is 24.0 Å². The number of benzene rings is 3. The van der Waals surface area contributed by atoms with Gasteiger partial charge in [0.25, 0.3) is 0 Å². The summed E-state index contributed by atoms with van der Waals surface area (Å²) in [5, 5.41) is 1.01. The standard InChI is InChI=1S/C30H38N2O2S.HI/c1-21(2)27-9-8-10-28(22(3)4)29(27)31-30(35-7)32(19-23-11-15-25(33-5)16-12-23)20-24-13-17-26(34-6)18-14-24;/h8-18,21-22H,19-20H2,1-7H3;1H. The molecule has 0 amide bonds. The third-order valence-electron chi connectivity index (χ3n) is 6.07. The van der Waals surface area contributed by atoms with E-state index < -0.39 is 0 Å². The Hall–Kier alpha value is -2.19. The van der Waals surface area contributed by atoms with Crippen LogP contribution in [0.5, 0.6) is 11.5 Å². The molecule has 0 bridgehead atoms. The molecule has 0 aromatic heterocycles. The summed E-state index contributed by atoms with van der Waals surface area (Å²) >= 11 is 1.69. The van der Waals surface area contributed by atoms with E-state index in [1.54, 1.807) is 26.0 Å². The van der Waals surface area contributed by atoms with Gasteiger partial charge in [0, 0.05) is 13.1 Å². The van der Waals surface area contributed by atoms with Crippen LogP contribution in [0, 0.1) is 0 Å². The lowest BCUT2D eigenvalue weighted by molar-refractivity contribution is 0.405. The molecule has 0 heterocycles. The summed E-state index contributed by atoms with van der Waals surface area (Å²) in [4.78, 5) is 7.69. The van der Waals surface area contributed by atoms with Crippen molar-refractivity contribution in [2.45, 2.75) is 52.6 Å².